The fraction of sp³-hybridized carbons (Fsp3) is 0.500. The highest BCUT2D eigenvalue weighted by Crippen LogP contribution is 2.16. The highest BCUT2D eigenvalue weighted by atomic mass is 16.3. The molecule has 1 fully saturated rings. The zero-order valence-corrected chi connectivity index (χ0v) is 13.5. The monoisotopic (exact) mass is 320 g/mol. The Balaban J connectivity index is 1.88. The first-order chi connectivity index (χ1) is 11.0. The van der Waals surface area contributed by atoms with Gasteiger partial charge in [0.25, 0.3) is 0 Å². The summed E-state index contributed by atoms with van der Waals surface area (Å²) in [6, 6.07) is 7.05. The smallest absolute Gasteiger partial charge is 0.319 e. The first-order valence-corrected chi connectivity index (χ1v) is 7.70. The van der Waals surface area contributed by atoms with Crippen LogP contribution in [-0.4, -0.2) is 61.3 Å². The number of carbonyl (C=O) groups excluding carboxylic acids is 2. The van der Waals surface area contributed by atoms with Gasteiger partial charge in [0.05, 0.1) is 13.0 Å². The van der Waals surface area contributed by atoms with Gasteiger partial charge in [0.15, 0.2) is 0 Å². The molecule has 1 aliphatic heterocycles. The quantitative estimate of drug-likeness (QED) is 0.622. The van der Waals surface area contributed by atoms with E-state index in [2.05, 4.69) is 16.0 Å². The van der Waals surface area contributed by atoms with E-state index < -0.39 is 0 Å². The third kappa shape index (κ3) is 4.94. The molecule has 7 nitrogen and oxygen atoms in total. The summed E-state index contributed by atoms with van der Waals surface area (Å²) in [5, 5.41) is 17.5. The van der Waals surface area contributed by atoms with Gasteiger partial charge in [-0.05, 0) is 31.2 Å². The normalized spacial score (nSPS) is 21.0. The number of urea groups is 1. The lowest BCUT2D eigenvalue weighted by atomic mass is 10.1. The van der Waals surface area contributed by atoms with E-state index in [0.717, 1.165) is 18.5 Å². The average Bonchev–Trinajstić information content (AvgIpc) is 2.86. The topological polar surface area (TPSA) is 93.7 Å². The van der Waals surface area contributed by atoms with Crippen molar-refractivity contribution in [2.24, 2.45) is 0 Å². The van der Waals surface area contributed by atoms with E-state index >= 15 is 0 Å². The van der Waals surface area contributed by atoms with E-state index in [0.29, 0.717) is 5.69 Å². The number of carbonyl (C=O) groups is 2. The van der Waals surface area contributed by atoms with Crippen molar-refractivity contribution in [3.05, 3.63) is 29.8 Å². The number of hydrogen-bond donors (Lipinski definition) is 4. The molecule has 2 rings (SSSR count). The number of rotatable bonds is 5. The molecule has 0 saturated carbocycles. The molecule has 1 aliphatic rings. The van der Waals surface area contributed by atoms with Crippen LogP contribution in [0.4, 0.5) is 10.5 Å². The molecule has 2 atom stereocenters. The molecular formula is C16H24N4O3. The standard InChI is InChI=1S/C16H24N4O3/c1-17-15(22)7-11-4-3-5-12(6-11)18-16(23)19-13-8-14(10-21)20(2)9-13/h3-6,13-14,21H,7-10H2,1-2H3,(H,17,22)(H2,18,19,23). The number of anilines is 1. The Morgan fingerprint density at radius 3 is 2.83 bits per heavy atom. The molecule has 0 spiro atoms. The van der Waals surface area contributed by atoms with Crippen molar-refractivity contribution < 1.29 is 14.7 Å². The lowest BCUT2D eigenvalue weighted by molar-refractivity contribution is -0.119. The molecule has 7 heteroatoms. The second-order valence-electron chi connectivity index (χ2n) is 5.86. The third-order valence-electron chi connectivity index (χ3n) is 4.06. The summed E-state index contributed by atoms with van der Waals surface area (Å²) >= 11 is 0. The largest absolute Gasteiger partial charge is 0.395 e. The Hall–Kier alpha value is -2.12. The van der Waals surface area contributed by atoms with Crippen LogP contribution in [0.5, 0.6) is 0 Å². The van der Waals surface area contributed by atoms with Crippen LogP contribution in [0, 0.1) is 0 Å². The summed E-state index contributed by atoms with van der Waals surface area (Å²) in [6.07, 6.45) is 1.01. The molecule has 4 N–H and O–H groups in total. The second-order valence-corrected chi connectivity index (χ2v) is 5.86. The molecule has 1 heterocycles. The van der Waals surface area contributed by atoms with Gasteiger partial charge in [0, 0.05) is 31.4 Å². The predicted octanol–water partition coefficient (Wildman–Crippen LogP) is 0.162. The number of amides is 3. The number of benzene rings is 1. The summed E-state index contributed by atoms with van der Waals surface area (Å²) in [4.78, 5) is 25.5. The number of hydrogen-bond acceptors (Lipinski definition) is 4. The summed E-state index contributed by atoms with van der Waals surface area (Å²) in [5.74, 6) is -0.0735. The lowest BCUT2D eigenvalue weighted by Crippen LogP contribution is -2.39. The zero-order chi connectivity index (χ0) is 16.8. The lowest BCUT2D eigenvalue weighted by Gasteiger charge is -2.15. The molecule has 1 aromatic carbocycles. The SMILES string of the molecule is CNC(=O)Cc1cccc(NC(=O)NC2CC(CO)N(C)C2)c1. The van der Waals surface area contributed by atoms with Gasteiger partial charge in [-0.25, -0.2) is 4.79 Å². The van der Waals surface area contributed by atoms with Gasteiger partial charge in [-0.15, -0.1) is 0 Å². The number of likely N-dealkylation sites (tertiary alicyclic amines) is 1. The van der Waals surface area contributed by atoms with E-state index in [-0.39, 0.29) is 37.0 Å². The minimum Gasteiger partial charge on any atom is -0.395 e. The van der Waals surface area contributed by atoms with Crippen molar-refractivity contribution in [1.29, 1.82) is 0 Å². The van der Waals surface area contributed by atoms with Crippen molar-refractivity contribution in [2.75, 3.05) is 32.6 Å². The van der Waals surface area contributed by atoms with Gasteiger partial charge in [0.2, 0.25) is 5.91 Å². The van der Waals surface area contributed by atoms with Crippen LogP contribution in [0.15, 0.2) is 24.3 Å². The molecule has 1 aromatic rings. The molecule has 1 saturated heterocycles. The minimum absolute atomic E-state index is 0.0196. The fourth-order valence-electron chi connectivity index (χ4n) is 2.78. The fourth-order valence-corrected chi connectivity index (χ4v) is 2.78. The summed E-state index contributed by atoms with van der Waals surface area (Å²) in [6.45, 7) is 0.813. The van der Waals surface area contributed by atoms with E-state index in [9.17, 15) is 14.7 Å². The molecule has 126 valence electrons. The highest BCUT2D eigenvalue weighted by Gasteiger charge is 2.29. The third-order valence-corrected chi connectivity index (χ3v) is 4.06. The van der Waals surface area contributed by atoms with Crippen LogP contribution in [-0.2, 0) is 11.2 Å². The molecular weight excluding hydrogens is 296 g/mol. The molecule has 0 aromatic heterocycles. The van der Waals surface area contributed by atoms with E-state index in [1.54, 1.807) is 25.2 Å². The maximum Gasteiger partial charge on any atom is 0.319 e. The first kappa shape index (κ1) is 17.2. The van der Waals surface area contributed by atoms with Crippen LogP contribution >= 0.6 is 0 Å². The van der Waals surface area contributed by atoms with Crippen LogP contribution in [0.1, 0.15) is 12.0 Å². The molecule has 0 aliphatic carbocycles. The van der Waals surface area contributed by atoms with Crippen LogP contribution < -0.4 is 16.0 Å². The van der Waals surface area contributed by atoms with Crippen molar-refractivity contribution in [2.45, 2.75) is 24.9 Å². The number of aliphatic hydroxyl groups excluding tert-OH is 1. The average molecular weight is 320 g/mol. The van der Waals surface area contributed by atoms with Gasteiger partial charge < -0.3 is 21.1 Å². The van der Waals surface area contributed by atoms with Crippen molar-refractivity contribution >= 4 is 17.6 Å². The van der Waals surface area contributed by atoms with E-state index in [1.807, 2.05) is 18.0 Å². The zero-order valence-electron chi connectivity index (χ0n) is 13.5. The Kier molecular flexibility index (Phi) is 5.95. The Labute approximate surface area is 136 Å². The minimum atomic E-state index is -0.279. The van der Waals surface area contributed by atoms with E-state index in [4.69, 9.17) is 0 Å². The maximum atomic E-state index is 12.1. The van der Waals surface area contributed by atoms with Gasteiger partial charge in [-0.2, -0.15) is 0 Å². The van der Waals surface area contributed by atoms with Crippen LogP contribution in [0.25, 0.3) is 0 Å². The molecule has 3 amide bonds. The Bertz CT molecular complexity index is 564. The van der Waals surface area contributed by atoms with Crippen LogP contribution in [0.3, 0.4) is 0 Å². The van der Waals surface area contributed by atoms with Crippen LogP contribution in [0.2, 0.25) is 0 Å². The van der Waals surface area contributed by atoms with Crippen molar-refractivity contribution in [3.63, 3.8) is 0 Å². The first-order valence-electron chi connectivity index (χ1n) is 7.70. The molecule has 0 bridgehead atoms. The molecule has 0 radical (unpaired) electrons. The Morgan fingerprint density at radius 1 is 1.39 bits per heavy atom. The van der Waals surface area contributed by atoms with Crippen molar-refractivity contribution in [3.8, 4) is 0 Å². The molecule has 23 heavy (non-hydrogen) atoms. The van der Waals surface area contributed by atoms with Gasteiger partial charge >= 0.3 is 6.03 Å². The molecule has 2 unspecified atom stereocenters. The maximum absolute atomic E-state index is 12.1. The number of aliphatic hydroxyl groups is 1. The van der Waals surface area contributed by atoms with Gasteiger partial charge in [0.1, 0.15) is 0 Å². The number of likely N-dealkylation sites (N-methyl/N-ethyl adjacent to an activating group) is 2. The number of nitrogens with one attached hydrogen (secondary N) is 3. The van der Waals surface area contributed by atoms with Gasteiger partial charge in [-0.1, -0.05) is 12.1 Å². The van der Waals surface area contributed by atoms with Crippen molar-refractivity contribution in [1.82, 2.24) is 15.5 Å². The summed E-state index contributed by atoms with van der Waals surface area (Å²) in [7, 11) is 3.53. The number of nitrogens with zero attached hydrogens (tertiary/aromatic N) is 1. The summed E-state index contributed by atoms with van der Waals surface area (Å²) < 4.78 is 0. The van der Waals surface area contributed by atoms with E-state index in [1.165, 1.54) is 0 Å². The summed E-state index contributed by atoms with van der Waals surface area (Å²) in [5.41, 5.74) is 1.48. The second kappa shape index (κ2) is 7.94. The Morgan fingerprint density at radius 2 is 2.17 bits per heavy atom. The highest BCUT2D eigenvalue weighted by molar-refractivity contribution is 5.89. The predicted molar refractivity (Wildman–Crippen MR) is 88.3 cm³/mol. The van der Waals surface area contributed by atoms with Gasteiger partial charge in [-0.3, -0.25) is 9.69 Å².